The van der Waals surface area contributed by atoms with Crippen molar-refractivity contribution in [1.82, 2.24) is 0 Å². The van der Waals surface area contributed by atoms with Gasteiger partial charge in [-0.3, -0.25) is 0 Å². The van der Waals surface area contributed by atoms with Crippen LogP contribution in [0, 0.1) is 10.8 Å². The average molecular weight is 194 g/mol. The maximum absolute atomic E-state index is 8.54. The lowest BCUT2D eigenvalue weighted by Crippen LogP contribution is -1.77. The molecule has 1 aromatic carbocycles. The minimum atomic E-state index is 0.140. The van der Waals surface area contributed by atoms with E-state index in [4.69, 9.17) is 25.5 Å². The van der Waals surface area contributed by atoms with Crippen LogP contribution in [0.4, 0.5) is 0 Å². The van der Waals surface area contributed by atoms with Crippen LogP contribution in [0.25, 0.3) is 0 Å². The van der Waals surface area contributed by atoms with Gasteiger partial charge >= 0.3 is 0 Å². The Morgan fingerprint density at radius 1 is 1.07 bits per heavy atom. The fraction of sp³-hybridized carbons (Fsp3) is 0.111. The molecule has 0 radical (unpaired) electrons. The molecule has 0 saturated carbocycles. The Bertz CT molecular complexity index is 274. The predicted octanol–water partition coefficient (Wildman–Crippen LogP) is 0.981. The molecule has 1 rings (SSSR count). The Morgan fingerprint density at radius 2 is 1.43 bits per heavy atom. The molecule has 74 valence electrons. The van der Waals surface area contributed by atoms with Crippen LogP contribution in [0.2, 0.25) is 0 Å². The van der Waals surface area contributed by atoms with Crippen molar-refractivity contribution in [3.8, 4) is 0 Å². The highest BCUT2D eigenvalue weighted by Gasteiger charge is 1.81. The van der Waals surface area contributed by atoms with Crippen LogP contribution < -0.4 is 0 Å². The summed E-state index contributed by atoms with van der Waals surface area (Å²) in [6.45, 7) is 0.140. The van der Waals surface area contributed by atoms with Gasteiger partial charge in [0.2, 0.25) is 12.2 Å². The molecule has 0 bridgehead atoms. The Balaban J connectivity index is 0. The molecule has 0 saturated heterocycles. The van der Waals surface area contributed by atoms with Crippen LogP contribution in [-0.2, 0) is 16.2 Å². The third kappa shape index (κ3) is 12.6. The maximum atomic E-state index is 8.54. The van der Waals surface area contributed by atoms with Crippen molar-refractivity contribution in [2.45, 2.75) is 6.61 Å². The molecule has 14 heavy (non-hydrogen) atoms. The van der Waals surface area contributed by atoms with Crippen molar-refractivity contribution in [2.75, 3.05) is 0 Å². The molecule has 0 unspecified atom stereocenters. The van der Waals surface area contributed by atoms with Gasteiger partial charge in [-0.25, -0.2) is 20.4 Å². The number of nitrogens with one attached hydrogen (secondary N) is 2. The van der Waals surface area contributed by atoms with Gasteiger partial charge in [-0.1, -0.05) is 30.3 Å². The van der Waals surface area contributed by atoms with E-state index >= 15 is 0 Å². The number of rotatable bonds is 1. The topological polar surface area (TPSA) is 102 Å². The summed E-state index contributed by atoms with van der Waals surface area (Å²) in [5, 5.41) is 19.3. The maximum Gasteiger partial charge on any atom is 0.231 e. The number of aliphatic hydroxyl groups excluding tert-OH is 1. The van der Waals surface area contributed by atoms with Crippen LogP contribution in [0.5, 0.6) is 0 Å². The zero-order valence-corrected chi connectivity index (χ0v) is 7.36. The lowest BCUT2D eigenvalue weighted by atomic mass is 10.2. The van der Waals surface area contributed by atoms with Gasteiger partial charge in [0.1, 0.15) is 0 Å². The third-order valence-corrected chi connectivity index (χ3v) is 1.03. The second kappa shape index (κ2) is 13.5. The summed E-state index contributed by atoms with van der Waals surface area (Å²) in [6.07, 6.45) is 1.50. The van der Waals surface area contributed by atoms with Gasteiger partial charge in [-0.2, -0.15) is 0 Å². The second-order valence-corrected chi connectivity index (χ2v) is 1.85. The summed E-state index contributed by atoms with van der Waals surface area (Å²) in [5.74, 6) is 0. The first-order valence-corrected chi connectivity index (χ1v) is 3.49. The lowest BCUT2D eigenvalue weighted by molar-refractivity contribution is 0.282. The smallest absolute Gasteiger partial charge is 0.231 e. The van der Waals surface area contributed by atoms with Gasteiger partial charge in [0.25, 0.3) is 0 Å². The van der Waals surface area contributed by atoms with E-state index in [-0.39, 0.29) is 6.61 Å². The van der Waals surface area contributed by atoms with Crippen LogP contribution in [0.1, 0.15) is 5.56 Å². The highest BCUT2D eigenvalue weighted by Crippen LogP contribution is 1.95. The van der Waals surface area contributed by atoms with E-state index in [1.165, 1.54) is 0 Å². The van der Waals surface area contributed by atoms with Crippen molar-refractivity contribution < 1.29 is 14.7 Å². The van der Waals surface area contributed by atoms with E-state index in [9.17, 15) is 0 Å². The molecule has 0 aromatic heterocycles. The fourth-order valence-electron chi connectivity index (χ4n) is 0.583. The monoisotopic (exact) mass is 194 g/mol. The minimum absolute atomic E-state index is 0.140. The first-order chi connectivity index (χ1) is 6.76. The van der Waals surface area contributed by atoms with E-state index in [1.54, 1.807) is 0 Å². The number of hydrogen-bond donors (Lipinski definition) is 3. The van der Waals surface area contributed by atoms with Crippen molar-refractivity contribution >= 4 is 12.2 Å². The van der Waals surface area contributed by atoms with Crippen LogP contribution >= 0.6 is 0 Å². The van der Waals surface area contributed by atoms with Gasteiger partial charge < -0.3 is 5.11 Å². The van der Waals surface area contributed by atoms with Crippen molar-refractivity contribution in [3.05, 3.63) is 35.9 Å². The SMILES string of the molecule is N=C=O.N=C=O.OCc1ccccc1. The number of carbonyl (C=O) groups excluding carboxylic acids is 2. The molecular weight excluding hydrogens is 184 g/mol. The average Bonchev–Trinajstić information content (AvgIpc) is 2.21. The quantitative estimate of drug-likeness (QED) is 0.458. The number of benzene rings is 1. The van der Waals surface area contributed by atoms with Crippen LogP contribution in [0.15, 0.2) is 30.3 Å². The van der Waals surface area contributed by atoms with Crippen LogP contribution in [0.3, 0.4) is 0 Å². The van der Waals surface area contributed by atoms with Gasteiger partial charge in [-0.05, 0) is 5.56 Å². The Morgan fingerprint density at radius 3 is 1.64 bits per heavy atom. The number of isocyanates is 2. The molecule has 0 spiro atoms. The summed E-state index contributed by atoms with van der Waals surface area (Å²) in [4.78, 5) is 16.7. The minimum Gasteiger partial charge on any atom is -0.392 e. The molecule has 0 amide bonds. The molecule has 0 aliphatic carbocycles. The van der Waals surface area contributed by atoms with E-state index in [2.05, 4.69) is 0 Å². The third-order valence-electron chi connectivity index (χ3n) is 1.03. The molecule has 0 heterocycles. The van der Waals surface area contributed by atoms with E-state index in [0.717, 1.165) is 17.7 Å². The summed E-state index contributed by atoms with van der Waals surface area (Å²) in [7, 11) is 0. The van der Waals surface area contributed by atoms with E-state index < -0.39 is 0 Å². The van der Waals surface area contributed by atoms with E-state index in [1.807, 2.05) is 30.3 Å². The van der Waals surface area contributed by atoms with Crippen LogP contribution in [-0.4, -0.2) is 17.3 Å². The van der Waals surface area contributed by atoms with Gasteiger partial charge in [0.15, 0.2) is 0 Å². The predicted molar refractivity (Wildman–Crippen MR) is 49.2 cm³/mol. The molecule has 0 aliphatic rings. The molecule has 3 N–H and O–H groups in total. The standard InChI is InChI=1S/C7H8O.2CHNO/c8-6-7-4-2-1-3-5-7;2*2-1-3/h1-5,8H,6H2;2*2H. The number of hydrogen-bond acceptors (Lipinski definition) is 5. The zero-order chi connectivity index (χ0) is 11.2. The second-order valence-electron chi connectivity index (χ2n) is 1.85. The first kappa shape index (κ1) is 14.5. The zero-order valence-electron chi connectivity index (χ0n) is 7.36. The summed E-state index contributed by atoms with van der Waals surface area (Å²) < 4.78 is 0. The molecule has 5 heteroatoms. The number of aliphatic hydroxyl groups is 1. The molecule has 5 nitrogen and oxygen atoms in total. The summed E-state index contributed by atoms with van der Waals surface area (Å²) in [5.41, 5.74) is 0.965. The fourth-order valence-corrected chi connectivity index (χ4v) is 0.583. The van der Waals surface area contributed by atoms with Crippen molar-refractivity contribution in [1.29, 1.82) is 10.8 Å². The normalized spacial score (nSPS) is 6.36. The molecule has 1 aromatic rings. The highest BCUT2D eigenvalue weighted by atomic mass is 16.3. The van der Waals surface area contributed by atoms with Crippen molar-refractivity contribution in [2.24, 2.45) is 0 Å². The molecule has 0 fully saturated rings. The first-order valence-electron chi connectivity index (χ1n) is 3.49. The Hall–Kier alpha value is -2.06. The molecular formula is C9H10N2O3. The molecule has 0 atom stereocenters. The van der Waals surface area contributed by atoms with E-state index in [0.29, 0.717) is 0 Å². The van der Waals surface area contributed by atoms with Crippen molar-refractivity contribution in [3.63, 3.8) is 0 Å². The lowest BCUT2D eigenvalue weighted by Gasteiger charge is -1.89. The Labute approximate surface area is 81.0 Å². The Kier molecular flexibility index (Phi) is 14.0. The molecule has 0 aliphatic heterocycles. The highest BCUT2D eigenvalue weighted by molar-refractivity contribution is 5.26. The largest absolute Gasteiger partial charge is 0.392 e. The van der Waals surface area contributed by atoms with Gasteiger partial charge in [-0.15, -0.1) is 0 Å². The summed E-state index contributed by atoms with van der Waals surface area (Å²) >= 11 is 0. The van der Waals surface area contributed by atoms with Gasteiger partial charge in [0, 0.05) is 0 Å². The van der Waals surface area contributed by atoms with Gasteiger partial charge in [0.05, 0.1) is 6.61 Å². The summed E-state index contributed by atoms with van der Waals surface area (Å²) in [6, 6.07) is 9.52.